The molecule has 0 bridgehead atoms. The predicted octanol–water partition coefficient (Wildman–Crippen LogP) is -0.128. The summed E-state index contributed by atoms with van der Waals surface area (Å²) in [7, 11) is 0. The summed E-state index contributed by atoms with van der Waals surface area (Å²) in [6.45, 7) is -2.30. The number of halogens is 1. The normalized spacial score (nSPS) is 11.8. The minimum Gasteiger partial charge on any atom is -0.279 e. The minimum absolute atomic E-state index is 2.06. The average molecular weight is 146 g/mol. The van der Waals surface area contributed by atoms with E-state index in [1.807, 2.05) is 0 Å². The number of nitrogens with two attached hydrogens (primary N) is 2. The fourth-order valence-electron chi connectivity index (χ4n) is 0. The van der Waals surface area contributed by atoms with Crippen LogP contribution in [0.1, 0.15) is 0 Å². The Labute approximate surface area is 46.3 Å². The van der Waals surface area contributed by atoms with Crippen LogP contribution in [0.15, 0.2) is 0 Å². The van der Waals surface area contributed by atoms with E-state index in [1.165, 1.54) is 0 Å². The quantitative estimate of drug-likeness (QED) is 0.355. The van der Waals surface area contributed by atoms with E-state index in [2.05, 4.69) is 16.4 Å². The first kappa shape index (κ1) is 6.82. The van der Waals surface area contributed by atoms with Crippen LogP contribution in [0.2, 0.25) is 0 Å². The third kappa shape index (κ3) is 4.82. The molecule has 6 heteroatoms. The maximum Gasteiger partial charge on any atom is 0.146 e. The van der Waals surface area contributed by atoms with Gasteiger partial charge in [0.25, 0.3) is 0 Å². The van der Waals surface area contributed by atoms with E-state index in [0.717, 1.165) is 0 Å². The Bertz CT molecular complexity index is 74.9. The van der Waals surface area contributed by atoms with Gasteiger partial charge in [-0.15, -0.1) is 0 Å². The molecule has 38 valence electrons. The predicted molar refractivity (Wildman–Crippen MR) is 31.6 cm³/mol. The van der Waals surface area contributed by atoms with Gasteiger partial charge in [-0.1, -0.05) is 0 Å². The summed E-state index contributed by atoms with van der Waals surface area (Å²) >= 11 is 9.33. The maximum atomic E-state index is 5.00. The van der Waals surface area contributed by atoms with E-state index in [9.17, 15) is 0 Å². The summed E-state index contributed by atoms with van der Waals surface area (Å²) in [4.78, 5) is 0. The van der Waals surface area contributed by atoms with E-state index in [1.54, 1.807) is 0 Å². The molecule has 0 amide bonds. The Morgan fingerprint density at radius 3 is 1.83 bits per heavy atom. The fourth-order valence-corrected chi connectivity index (χ4v) is 0. The molecule has 6 heavy (non-hydrogen) atoms. The molecule has 0 aromatic carbocycles. The van der Waals surface area contributed by atoms with E-state index in [-0.39, 0.29) is 0 Å². The molecule has 0 radical (unpaired) electrons. The minimum atomic E-state index is -2.30. The van der Waals surface area contributed by atoms with Crippen molar-refractivity contribution in [3.8, 4) is 0 Å². The first-order valence-corrected chi connectivity index (χ1v) is 4.43. The number of nitrogens with one attached hydrogen (secondary N) is 1. The van der Waals surface area contributed by atoms with Crippen LogP contribution in [0.4, 0.5) is 0 Å². The summed E-state index contributed by atoms with van der Waals surface area (Å²) < 4.78 is 2.06. The molecule has 0 aliphatic carbocycles. The second kappa shape index (κ2) is 2.21. The average Bonchev–Trinajstić information content (AvgIpc) is 1.35. The van der Waals surface area contributed by atoms with Gasteiger partial charge in [-0.25, -0.2) is 0 Å². The van der Waals surface area contributed by atoms with Gasteiger partial charge in [-0.3, -0.25) is 11.0 Å². The van der Waals surface area contributed by atoms with Gasteiger partial charge in [0.1, 0.15) is 6.49 Å². The van der Waals surface area contributed by atoms with Crippen molar-refractivity contribution in [2.75, 3.05) is 0 Å². The number of hydrogen-bond donors (Lipinski definition) is 3. The standard InChI is InChI=1S/ClH5N3PS/c1-4-5(2,3)6/h(H5,2,3,4,6). The molecule has 0 aliphatic rings. The van der Waals surface area contributed by atoms with Gasteiger partial charge in [0.15, 0.2) is 0 Å². The molecule has 0 fully saturated rings. The van der Waals surface area contributed by atoms with E-state index in [0.29, 0.717) is 0 Å². The SMILES string of the molecule is NP(N)(=S)NCl. The second-order valence-corrected chi connectivity index (χ2v) is 4.70. The number of hydrogen-bond acceptors (Lipinski definition) is 1. The molecule has 3 nitrogen and oxygen atoms in total. The molecular formula is H5ClN3PS. The van der Waals surface area contributed by atoms with Crippen LogP contribution in [0.25, 0.3) is 0 Å². The highest BCUT2D eigenvalue weighted by Gasteiger charge is 1.93. The van der Waals surface area contributed by atoms with Crippen LogP contribution < -0.4 is 15.6 Å². The summed E-state index contributed by atoms with van der Waals surface area (Å²) in [5.74, 6) is 0. The van der Waals surface area contributed by atoms with Crippen LogP contribution in [0, 0.1) is 0 Å². The molecule has 0 saturated carbocycles. The van der Waals surface area contributed by atoms with Crippen molar-refractivity contribution in [3.05, 3.63) is 0 Å². The first-order chi connectivity index (χ1) is 2.56. The van der Waals surface area contributed by atoms with Gasteiger partial charge in [-0.2, -0.15) is 4.61 Å². The van der Waals surface area contributed by atoms with Crippen molar-refractivity contribution in [1.82, 2.24) is 4.61 Å². The first-order valence-electron chi connectivity index (χ1n) is 1.11. The van der Waals surface area contributed by atoms with Crippen molar-refractivity contribution >= 4 is 30.1 Å². The smallest absolute Gasteiger partial charge is 0.146 e. The summed E-state index contributed by atoms with van der Waals surface area (Å²) in [6, 6.07) is 0. The van der Waals surface area contributed by atoms with Crippen molar-refractivity contribution in [1.29, 1.82) is 0 Å². The second-order valence-electron chi connectivity index (χ2n) is 0.794. The van der Waals surface area contributed by atoms with Gasteiger partial charge in [0.05, 0.1) is 0 Å². The van der Waals surface area contributed by atoms with Crippen LogP contribution in [0.5, 0.6) is 0 Å². The molecule has 0 spiro atoms. The molecule has 0 saturated heterocycles. The molecule has 0 aromatic heterocycles. The van der Waals surface area contributed by atoms with Gasteiger partial charge < -0.3 is 0 Å². The Balaban J connectivity index is 3.48. The van der Waals surface area contributed by atoms with Gasteiger partial charge >= 0.3 is 0 Å². The largest absolute Gasteiger partial charge is 0.279 e. The fraction of sp³-hybridized carbons (Fsp3) is 0. The Kier molecular flexibility index (Phi) is 2.51. The maximum absolute atomic E-state index is 5.00. The molecule has 0 atom stereocenters. The monoisotopic (exact) mass is 145 g/mol. The Morgan fingerprint density at radius 1 is 1.67 bits per heavy atom. The van der Waals surface area contributed by atoms with E-state index in [4.69, 9.17) is 22.8 Å². The molecule has 0 aromatic rings. The van der Waals surface area contributed by atoms with Crippen LogP contribution in [-0.4, -0.2) is 0 Å². The van der Waals surface area contributed by atoms with Crippen molar-refractivity contribution < 1.29 is 0 Å². The third-order valence-electron chi connectivity index (χ3n) is 0.132. The Hall–Kier alpha value is 0.820. The Morgan fingerprint density at radius 2 is 1.83 bits per heavy atom. The summed E-state index contributed by atoms with van der Waals surface area (Å²) in [5.41, 5.74) is 9.99. The lowest BCUT2D eigenvalue weighted by molar-refractivity contribution is 1.54. The summed E-state index contributed by atoms with van der Waals surface area (Å²) in [6.07, 6.45) is 0. The zero-order chi connectivity index (χ0) is 5.21. The molecule has 0 heterocycles. The topological polar surface area (TPSA) is 64.1 Å². The van der Waals surface area contributed by atoms with E-state index >= 15 is 0 Å². The molecule has 5 N–H and O–H groups in total. The third-order valence-corrected chi connectivity index (χ3v) is 1.81. The van der Waals surface area contributed by atoms with Crippen LogP contribution in [-0.2, 0) is 11.8 Å². The lowest BCUT2D eigenvalue weighted by atomic mass is 13.8. The zero-order valence-corrected chi connectivity index (χ0v) is 5.35. The van der Waals surface area contributed by atoms with Crippen molar-refractivity contribution in [3.63, 3.8) is 0 Å². The highest BCUT2D eigenvalue weighted by atomic mass is 35.5. The molecule has 0 unspecified atom stereocenters. The lowest BCUT2D eigenvalue weighted by Gasteiger charge is -2.01. The molecule has 0 rings (SSSR count). The van der Waals surface area contributed by atoms with Crippen LogP contribution in [0.3, 0.4) is 0 Å². The van der Waals surface area contributed by atoms with Crippen LogP contribution >= 0.6 is 18.3 Å². The lowest BCUT2D eigenvalue weighted by Crippen LogP contribution is -2.12. The van der Waals surface area contributed by atoms with Gasteiger partial charge in [-0.05, 0) is 23.6 Å². The number of rotatable bonds is 1. The zero-order valence-electron chi connectivity index (χ0n) is 2.89. The summed E-state index contributed by atoms with van der Waals surface area (Å²) in [5, 5.41) is 0. The molecule has 0 aliphatic heterocycles. The molecular weight excluding hydrogens is 141 g/mol. The van der Waals surface area contributed by atoms with Crippen molar-refractivity contribution in [2.24, 2.45) is 11.0 Å². The highest BCUT2D eigenvalue weighted by molar-refractivity contribution is 8.11. The van der Waals surface area contributed by atoms with E-state index < -0.39 is 6.49 Å². The van der Waals surface area contributed by atoms with Gasteiger partial charge in [0.2, 0.25) is 0 Å². The van der Waals surface area contributed by atoms with Crippen molar-refractivity contribution in [2.45, 2.75) is 0 Å². The van der Waals surface area contributed by atoms with Gasteiger partial charge in [0, 0.05) is 0 Å². The highest BCUT2D eigenvalue weighted by Crippen LogP contribution is 2.17.